The summed E-state index contributed by atoms with van der Waals surface area (Å²) in [6.45, 7) is -0.0611. The Hall–Kier alpha value is -5.72. The van der Waals surface area contributed by atoms with E-state index < -0.39 is 34.8 Å². The van der Waals surface area contributed by atoms with Gasteiger partial charge in [-0.2, -0.15) is 0 Å². The number of methoxy groups -OCH3 is 2. The monoisotopic (exact) mass is 582 g/mol. The molecule has 2 unspecified atom stereocenters. The van der Waals surface area contributed by atoms with Crippen molar-refractivity contribution in [3.8, 4) is 28.6 Å². The highest BCUT2D eigenvalue weighted by atomic mass is 16.5. The fourth-order valence-corrected chi connectivity index (χ4v) is 6.20. The second-order valence-corrected chi connectivity index (χ2v) is 10.2. The molecule has 0 radical (unpaired) electrons. The van der Waals surface area contributed by atoms with Crippen LogP contribution < -0.4 is 32.2 Å². The van der Waals surface area contributed by atoms with Crippen molar-refractivity contribution < 1.29 is 14.6 Å². The van der Waals surface area contributed by atoms with Crippen molar-refractivity contribution in [1.29, 1.82) is 0 Å². The number of para-hydroxylation sites is 2. The predicted octanol–water partition coefficient (Wildman–Crippen LogP) is 1.42. The van der Waals surface area contributed by atoms with Crippen molar-refractivity contribution in [3.63, 3.8) is 0 Å². The molecule has 4 heterocycles. The minimum absolute atomic E-state index is 0.0390. The van der Waals surface area contributed by atoms with E-state index in [2.05, 4.69) is 0 Å². The molecule has 2 aliphatic heterocycles. The van der Waals surface area contributed by atoms with Gasteiger partial charge in [-0.1, -0.05) is 42.5 Å². The fourth-order valence-electron chi connectivity index (χ4n) is 6.20. The van der Waals surface area contributed by atoms with Gasteiger partial charge in [0.1, 0.15) is 23.3 Å². The molecule has 3 aromatic carbocycles. The topological polar surface area (TPSA) is 137 Å². The Kier molecular flexibility index (Phi) is 5.90. The number of ether oxygens (including phenoxy) is 2. The van der Waals surface area contributed by atoms with Crippen molar-refractivity contribution in [2.75, 3.05) is 14.2 Å². The molecule has 2 atom stereocenters. The van der Waals surface area contributed by atoms with E-state index in [1.807, 2.05) is 0 Å². The molecule has 43 heavy (non-hydrogen) atoms. The molecule has 5 aromatic rings. The molecule has 0 spiro atoms. The van der Waals surface area contributed by atoms with Crippen molar-refractivity contribution in [2.45, 2.75) is 25.2 Å². The summed E-state index contributed by atoms with van der Waals surface area (Å²) >= 11 is 0. The normalized spacial score (nSPS) is 17.0. The molecular formula is C30H26N6O7. The van der Waals surface area contributed by atoms with E-state index in [4.69, 9.17) is 9.47 Å². The van der Waals surface area contributed by atoms with Crippen LogP contribution in [-0.4, -0.2) is 47.2 Å². The SMILES string of the molecule is COc1cc(O)cc(OC)c1C1C2=CCn3c(=O)n(-c4ccccc4)c(=O)n3C2Cn2c(=O)n(-c3ccccc3)c(=O)n21. The number of aromatic hydroxyl groups is 1. The van der Waals surface area contributed by atoms with Crippen LogP contribution in [0, 0.1) is 0 Å². The lowest BCUT2D eigenvalue weighted by molar-refractivity contribution is 0.240. The van der Waals surface area contributed by atoms with Crippen LogP contribution >= 0.6 is 0 Å². The zero-order valence-corrected chi connectivity index (χ0v) is 23.2. The van der Waals surface area contributed by atoms with Crippen molar-refractivity contribution in [1.82, 2.24) is 27.9 Å². The fraction of sp³-hybridized carbons (Fsp3) is 0.200. The second-order valence-electron chi connectivity index (χ2n) is 10.2. The quantitative estimate of drug-likeness (QED) is 0.310. The van der Waals surface area contributed by atoms with Crippen LogP contribution in [0.2, 0.25) is 0 Å². The van der Waals surface area contributed by atoms with E-state index >= 15 is 0 Å². The first kappa shape index (κ1) is 26.2. The number of phenols is 1. The molecule has 0 saturated carbocycles. The van der Waals surface area contributed by atoms with E-state index in [1.54, 1.807) is 66.7 Å². The van der Waals surface area contributed by atoms with Crippen LogP contribution in [0.3, 0.4) is 0 Å². The van der Waals surface area contributed by atoms with E-state index in [0.717, 1.165) is 9.13 Å². The largest absolute Gasteiger partial charge is 0.508 e. The van der Waals surface area contributed by atoms with E-state index in [1.165, 1.54) is 45.1 Å². The Labute approximate surface area is 242 Å². The first-order valence-electron chi connectivity index (χ1n) is 13.5. The molecular weight excluding hydrogens is 556 g/mol. The molecule has 0 aliphatic carbocycles. The van der Waals surface area contributed by atoms with Gasteiger partial charge >= 0.3 is 22.8 Å². The molecule has 218 valence electrons. The maximum atomic E-state index is 14.1. The van der Waals surface area contributed by atoms with Gasteiger partial charge in [-0.15, -0.1) is 0 Å². The molecule has 13 heteroatoms. The minimum atomic E-state index is -0.995. The minimum Gasteiger partial charge on any atom is -0.508 e. The summed E-state index contributed by atoms with van der Waals surface area (Å²) in [4.78, 5) is 55.6. The highest BCUT2D eigenvalue weighted by Gasteiger charge is 2.43. The highest BCUT2D eigenvalue weighted by Crippen LogP contribution is 2.46. The van der Waals surface area contributed by atoms with E-state index in [-0.39, 0.29) is 30.3 Å². The summed E-state index contributed by atoms with van der Waals surface area (Å²) in [6.07, 6.45) is 1.79. The van der Waals surface area contributed by atoms with Gasteiger partial charge in [0.2, 0.25) is 0 Å². The van der Waals surface area contributed by atoms with Gasteiger partial charge in [-0.3, -0.25) is 0 Å². The highest BCUT2D eigenvalue weighted by molar-refractivity contribution is 5.55. The first-order chi connectivity index (χ1) is 20.8. The third-order valence-corrected chi connectivity index (χ3v) is 8.04. The molecule has 0 bridgehead atoms. The Morgan fingerprint density at radius 3 is 1.74 bits per heavy atom. The number of rotatable bonds is 5. The number of aromatic nitrogens is 6. The molecule has 0 saturated heterocycles. The lowest BCUT2D eigenvalue weighted by atomic mass is 9.89. The summed E-state index contributed by atoms with van der Waals surface area (Å²) < 4.78 is 18.7. The van der Waals surface area contributed by atoms with Crippen LogP contribution in [0.5, 0.6) is 17.2 Å². The first-order valence-corrected chi connectivity index (χ1v) is 13.5. The number of nitrogens with zero attached hydrogens (tertiary/aromatic N) is 6. The molecule has 2 aromatic heterocycles. The molecule has 1 N–H and O–H groups in total. The van der Waals surface area contributed by atoms with Gasteiger partial charge in [0.05, 0.1) is 50.3 Å². The maximum Gasteiger partial charge on any atom is 0.352 e. The number of allylic oxidation sites excluding steroid dienone is 2. The van der Waals surface area contributed by atoms with Crippen molar-refractivity contribution in [3.05, 3.63) is 132 Å². The van der Waals surface area contributed by atoms with Gasteiger partial charge < -0.3 is 14.6 Å². The number of hydrogen-bond donors (Lipinski definition) is 1. The smallest absolute Gasteiger partial charge is 0.352 e. The van der Waals surface area contributed by atoms with Crippen molar-refractivity contribution >= 4 is 0 Å². The summed E-state index contributed by atoms with van der Waals surface area (Å²) in [6, 6.07) is 18.1. The second kappa shape index (κ2) is 9.69. The Balaban J connectivity index is 1.54. The molecule has 7 rings (SSSR count). The average molecular weight is 583 g/mol. The third-order valence-electron chi connectivity index (χ3n) is 8.04. The third kappa shape index (κ3) is 3.70. The van der Waals surface area contributed by atoms with Crippen LogP contribution in [0.4, 0.5) is 0 Å². The Morgan fingerprint density at radius 1 is 0.698 bits per heavy atom. The van der Waals surface area contributed by atoms with E-state index in [0.29, 0.717) is 22.5 Å². The zero-order chi connectivity index (χ0) is 30.0. The van der Waals surface area contributed by atoms with Gasteiger partial charge in [0, 0.05) is 12.1 Å². The zero-order valence-electron chi connectivity index (χ0n) is 23.2. The van der Waals surface area contributed by atoms with Crippen LogP contribution in [0.1, 0.15) is 17.6 Å². The summed E-state index contributed by atoms with van der Waals surface area (Å²) in [5, 5.41) is 10.4. The molecule has 0 fully saturated rings. The van der Waals surface area contributed by atoms with Crippen LogP contribution in [0.25, 0.3) is 11.4 Å². The Morgan fingerprint density at radius 2 is 1.21 bits per heavy atom. The molecule has 0 amide bonds. The lowest BCUT2D eigenvalue weighted by Crippen LogP contribution is -2.47. The summed E-state index contributed by atoms with van der Waals surface area (Å²) in [5.41, 5.74) is -0.611. The maximum absolute atomic E-state index is 14.1. The molecule has 13 nitrogen and oxygen atoms in total. The van der Waals surface area contributed by atoms with Crippen molar-refractivity contribution in [2.24, 2.45) is 0 Å². The number of benzene rings is 3. The number of phenolic OH excluding ortho intramolecular Hbond substituents is 1. The molecule has 2 aliphatic rings. The average Bonchev–Trinajstić information content (AvgIpc) is 3.44. The number of hydrogen-bond acceptors (Lipinski definition) is 7. The standard InChI is InChI=1S/C30H26N6O7/c1-42-23-15-20(37)16-24(43-2)25(23)26-21-13-14-31-27(38)33(18-9-5-3-6-10-18)29(40)35(31)22(21)17-32-28(39)34(30(41)36(26)32)19-11-7-4-8-12-19/h3-13,15-16,22,26,37H,14,17H2,1-2H3. The van der Waals surface area contributed by atoms with Crippen LogP contribution in [0.15, 0.2) is 104 Å². The van der Waals surface area contributed by atoms with Gasteiger partial charge in [-0.05, 0) is 29.8 Å². The van der Waals surface area contributed by atoms with Crippen LogP contribution in [-0.2, 0) is 13.1 Å². The Bertz CT molecular complexity index is 2140. The summed E-state index contributed by atoms with van der Waals surface area (Å²) in [7, 11) is 2.83. The van der Waals surface area contributed by atoms with E-state index in [9.17, 15) is 24.3 Å². The van der Waals surface area contributed by atoms with Gasteiger partial charge in [0.15, 0.2) is 0 Å². The van der Waals surface area contributed by atoms with Gasteiger partial charge in [0.25, 0.3) is 0 Å². The summed E-state index contributed by atoms with van der Waals surface area (Å²) in [5.74, 6) is 0.289. The lowest BCUT2D eigenvalue weighted by Gasteiger charge is -2.38. The predicted molar refractivity (Wildman–Crippen MR) is 155 cm³/mol. The number of fused-ring (bicyclic) bond motifs is 4. The van der Waals surface area contributed by atoms with Gasteiger partial charge in [-0.25, -0.2) is 47.0 Å².